The molecule has 0 saturated heterocycles. The van der Waals surface area contributed by atoms with Crippen molar-refractivity contribution in [2.24, 2.45) is 0 Å². The molecule has 0 unspecified atom stereocenters. The van der Waals surface area contributed by atoms with E-state index in [-0.39, 0.29) is 6.54 Å². The monoisotopic (exact) mass is 337 g/mol. The molecule has 0 saturated carbocycles. The second-order valence-corrected chi connectivity index (χ2v) is 6.89. The van der Waals surface area contributed by atoms with E-state index in [0.717, 1.165) is 18.2 Å². The van der Waals surface area contributed by atoms with E-state index in [2.05, 4.69) is 4.72 Å². The quantitative estimate of drug-likeness (QED) is 0.323. The smallest absolute Gasteiger partial charge is 0.274 e. The fraction of sp³-hybridized carbons (Fsp3) is 0.455. The summed E-state index contributed by atoms with van der Waals surface area (Å²) in [6.07, 6.45) is 3.37. The molecule has 0 radical (unpaired) electrons. The molecule has 1 rings (SSSR count). The number of halogens is 1. The number of anilines is 1. The largest absolute Gasteiger partial charge is 0.397 e. The number of hydrogen-bond acceptors (Lipinski definition) is 6. The van der Waals surface area contributed by atoms with Gasteiger partial charge in [-0.2, -0.15) is 11.8 Å². The lowest BCUT2D eigenvalue weighted by Gasteiger charge is -2.10. The van der Waals surface area contributed by atoms with Crippen molar-refractivity contribution in [1.29, 1.82) is 0 Å². The molecule has 1 aromatic rings. The first-order valence-corrected chi connectivity index (χ1v) is 8.89. The molecule has 0 bridgehead atoms. The molecule has 0 heterocycles. The number of rotatable bonds is 8. The number of nitrogens with two attached hydrogens (primary N) is 1. The van der Waals surface area contributed by atoms with Gasteiger partial charge in [0.1, 0.15) is 4.90 Å². The summed E-state index contributed by atoms with van der Waals surface area (Å²) in [6, 6.07) is 1.37. The molecule has 0 spiro atoms. The summed E-state index contributed by atoms with van der Waals surface area (Å²) < 4.78 is 40.0. The zero-order valence-corrected chi connectivity index (χ0v) is 13.0. The molecule has 3 N–H and O–H groups in total. The van der Waals surface area contributed by atoms with E-state index in [4.69, 9.17) is 5.73 Å². The van der Waals surface area contributed by atoms with Gasteiger partial charge < -0.3 is 5.73 Å². The zero-order chi connectivity index (χ0) is 16.0. The molecule has 0 fully saturated rings. The normalized spacial score (nSPS) is 11.5. The standard InChI is InChI=1S/C11H16FN3O4S2/c1-20-5-3-2-4-14-21(18,19)11-9(12)6-8(15(16)17)7-10(11)13/h6-7,14H,2-5,13H2,1H3. The van der Waals surface area contributed by atoms with Crippen LogP contribution in [0.15, 0.2) is 17.0 Å². The third-order valence-corrected chi connectivity index (χ3v) is 4.85. The Labute approximate surface area is 126 Å². The van der Waals surface area contributed by atoms with Gasteiger partial charge in [0.05, 0.1) is 16.7 Å². The van der Waals surface area contributed by atoms with Gasteiger partial charge in [0.2, 0.25) is 10.0 Å². The zero-order valence-electron chi connectivity index (χ0n) is 11.3. The summed E-state index contributed by atoms with van der Waals surface area (Å²) in [5.41, 5.74) is 4.35. The Bertz CT molecular complexity index is 599. The van der Waals surface area contributed by atoms with Gasteiger partial charge in [0.25, 0.3) is 5.69 Å². The minimum Gasteiger partial charge on any atom is -0.397 e. The van der Waals surface area contributed by atoms with Gasteiger partial charge in [-0.05, 0) is 24.9 Å². The van der Waals surface area contributed by atoms with Gasteiger partial charge in [-0.3, -0.25) is 10.1 Å². The van der Waals surface area contributed by atoms with Crippen LogP contribution in [-0.2, 0) is 10.0 Å². The number of nitrogens with zero attached hydrogens (tertiary/aromatic N) is 1. The Morgan fingerprint density at radius 2 is 2.10 bits per heavy atom. The van der Waals surface area contributed by atoms with E-state index >= 15 is 0 Å². The van der Waals surface area contributed by atoms with E-state index < -0.39 is 37.0 Å². The number of unbranched alkanes of at least 4 members (excludes halogenated alkanes) is 1. The van der Waals surface area contributed by atoms with Crippen molar-refractivity contribution in [3.63, 3.8) is 0 Å². The van der Waals surface area contributed by atoms with Crippen LogP contribution in [0.2, 0.25) is 0 Å². The van der Waals surface area contributed by atoms with E-state index in [1.54, 1.807) is 11.8 Å². The van der Waals surface area contributed by atoms with Crippen molar-refractivity contribution in [2.75, 3.05) is 24.3 Å². The van der Waals surface area contributed by atoms with Gasteiger partial charge in [0.15, 0.2) is 5.82 Å². The molecular weight excluding hydrogens is 321 g/mol. The topological polar surface area (TPSA) is 115 Å². The maximum Gasteiger partial charge on any atom is 0.274 e. The predicted octanol–water partition coefficient (Wildman–Crippen LogP) is 1.74. The highest BCUT2D eigenvalue weighted by Gasteiger charge is 2.25. The van der Waals surface area contributed by atoms with Crippen molar-refractivity contribution in [1.82, 2.24) is 4.72 Å². The van der Waals surface area contributed by atoms with E-state index in [1.165, 1.54) is 0 Å². The van der Waals surface area contributed by atoms with Crippen LogP contribution in [0.5, 0.6) is 0 Å². The van der Waals surface area contributed by atoms with Crippen LogP contribution in [0.25, 0.3) is 0 Å². The van der Waals surface area contributed by atoms with Gasteiger partial charge in [-0.25, -0.2) is 17.5 Å². The highest BCUT2D eigenvalue weighted by Crippen LogP contribution is 2.27. The SMILES string of the molecule is CSCCCCNS(=O)(=O)c1c(N)cc([N+](=O)[O-])cc1F. The van der Waals surface area contributed by atoms with Crippen LogP contribution >= 0.6 is 11.8 Å². The van der Waals surface area contributed by atoms with Gasteiger partial charge in [-0.15, -0.1) is 0 Å². The average molecular weight is 337 g/mol. The molecule has 0 aromatic heterocycles. The Hall–Kier alpha value is -1.39. The Kier molecular flexibility index (Phi) is 6.37. The van der Waals surface area contributed by atoms with Gasteiger partial charge >= 0.3 is 0 Å². The van der Waals surface area contributed by atoms with Crippen molar-refractivity contribution >= 4 is 33.2 Å². The summed E-state index contributed by atoms with van der Waals surface area (Å²) in [5.74, 6) is -0.339. The maximum atomic E-state index is 13.8. The minimum atomic E-state index is -4.13. The first kappa shape index (κ1) is 17.7. The number of nitro benzene ring substituents is 1. The predicted molar refractivity (Wildman–Crippen MR) is 80.3 cm³/mol. The summed E-state index contributed by atoms with van der Waals surface area (Å²) >= 11 is 1.64. The first-order valence-electron chi connectivity index (χ1n) is 6.01. The van der Waals surface area contributed by atoms with Crippen molar-refractivity contribution in [2.45, 2.75) is 17.7 Å². The number of non-ortho nitro benzene ring substituents is 1. The van der Waals surface area contributed by atoms with Gasteiger partial charge in [0, 0.05) is 12.6 Å². The van der Waals surface area contributed by atoms with Crippen LogP contribution < -0.4 is 10.5 Å². The van der Waals surface area contributed by atoms with Crippen LogP contribution in [-0.4, -0.2) is 31.9 Å². The highest BCUT2D eigenvalue weighted by atomic mass is 32.2. The summed E-state index contributed by atoms with van der Waals surface area (Å²) in [6.45, 7) is 0.152. The average Bonchev–Trinajstić information content (AvgIpc) is 2.37. The molecule has 0 aliphatic carbocycles. The van der Waals surface area contributed by atoms with Crippen LogP contribution in [0, 0.1) is 15.9 Å². The molecule has 10 heteroatoms. The lowest BCUT2D eigenvalue weighted by Crippen LogP contribution is -2.26. The van der Waals surface area contributed by atoms with Crippen LogP contribution in [0.1, 0.15) is 12.8 Å². The molecule has 0 amide bonds. The Balaban J connectivity index is 2.91. The number of sulfonamides is 1. The number of nitrogen functional groups attached to an aromatic ring is 1. The molecule has 118 valence electrons. The molecule has 0 atom stereocenters. The minimum absolute atomic E-state index is 0.152. The first-order chi connectivity index (χ1) is 9.79. The Morgan fingerprint density at radius 3 is 2.62 bits per heavy atom. The molecular formula is C11H16FN3O4S2. The number of benzene rings is 1. The molecule has 0 aliphatic heterocycles. The number of nitro groups is 1. The Morgan fingerprint density at radius 1 is 1.43 bits per heavy atom. The number of thioether (sulfide) groups is 1. The lowest BCUT2D eigenvalue weighted by atomic mass is 10.3. The van der Waals surface area contributed by atoms with E-state index in [1.807, 2.05) is 6.26 Å². The highest BCUT2D eigenvalue weighted by molar-refractivity contribution is 7.98. The second-order valence-electron chi connectivity index (χ2n) is 4.20. The van der Waals surface area contributed by atoms with Crippen LogP contribution in [0.4, 0.5) is 15.8 Å². The van der Waals surface area contributed by atoms with Crippen molar-refractivity contribution in [3.05, 3.63) is 28.1 Å². The fourth-order valence-electron chi connectivity index (χ4n) is 1.64. The van der Waals surface area contributed by atoms with E-state index in [9.17, 15) is 22.9 Å². The van der Waals surface area contributed by atoms with Crippen LogP contribution in [0.3, 0.4) is 0 Å². The third kappa shape index (κ3) is 4.83. The number of hydrogen-bond donors (Lipinski definition) is 2. The fourth-order valence-corrected chi connectivity index (χ4v) is 3.37. The lowest BCUT2D eigenvalue weighted by molar-refractivity contribution is -0.385. The number of nitrogens with one attached hydrogen (secondary N) is 1. The molecule has 7 nitrogen and oxygen atoms in total. The van der Waals surface area contributed by atoms with Crippen molar-refractivity contribution < 1.29 is 17.7 Å². The summed E-state index contributed by atoms with van der Waals surface area (Å²) in [7, 11) is -4.13. The molecule has 21 heavy (non-hydrogen) atoms. The van der Waals surface area contributed by atoms with Gasteiger partial charge in [-0.1, -0.05) is 0 Å². The second kappa shape index (κ2) is 7.57. The molecule has 1 aromatic carbocycles. The van der Waals surface area contributed by atoms with E-state index in [0.29, 0.717) is 12.5 Å². The summed E-state index contributed by atoms with van der Waals surface area (Å²) in [5, 5.41) is 10.6. The molecule has 0 aliphatic rings. The maximum absolute atomic E-state index is 13.8. The third-order valence-electron chi connectivity index (χ3n) is 2.60. The van der Waals surface area contributed by atoms with Crippen molar-refractivity contribution in [3.8, 4) is 0 Å². The summed E-state index contributed by atoms with van der Waals surface area (Å²) in [4.78, 5) is 8.96.